The average molecular weight is 263 g/mol. The van der Waals surface area contributed by atoms with Gasteiger partial charge in [-0.15, -0.1) is 0 Å². The van der Waals surface area contributed by atoms with Crippen molar-refractivity contribution in [3.8, 4) is 0 Å². The first kappa shape index (κ1) is 14.0. The van der Waals surface area contributed by atoms with Gasteiger partial charge in [-0.3, -0.25) is 0 Å². The van der Waals surface area contributed by atoms with Gasteiger partial charge in [-0.2, -0.15) is 5.10 Å². The minimum atomic E-state index is -1.14. The Hall–Kier alpha value is -1.44. The van der Waals surface area contributed by atoms with Gasteiger partial charge in [0.25, 0.3) is 0 Å². The van der Waals surface area contributed by atoms with Crippen molar-refractivity contribution in [1.82, 2.24) is 14.6 Å². The maximum atomic E-state index is 10.1. The van der Waals surface area contributed by atoms with Crippen LogP contribution < -0.4 is 5.46 Å². The number of hydrogen-bond donors (Lipinski definition) is 2. The highest BCUT2D eigenvalue weighted by molar-refractivity contribution is 6.60. The number of nitrogens with zero attached hydrogens (tertiary/aromatic N) is 3. The SMILES string of the molecule is CC(C)(O)C(C)(C)OB(O)c1ccn2ncnc2c1. The molecule has 0 unspecified atom stereocenters. The molecule has 0 atom stereocenters. The Bertz CT molecular complexity index is 577. The van der Waals surface area contributed by atoms with Gasteiger partial charge >= 0.3 is 7.12 Å². The van der Waals surface area contributed by atoms with Crippen molar-refractivity contribution in [3.63, 3.8) is 0 Å². The second-order valence-electron chi connectivity index (χ2n) is 5.56. The Labute approximate surface area is 112 Å². The number of pyridine rings is 1. The summed E-state index contributed by atoms with van der Waals surface area (Å²) >= 11 is 0. The molecule has 19 heavy (non-hydrogen) atoms. The minimum Gasteiger partial charge on any atom is -0.423 e. The zero-order valence-electron chi connectivity index (χ0n) is 11.5. The highest BCUT2D eigenvalue weighted by atomic mass is 16.5. The first-order valence-electron chi connectivity index (χ1n) is 6.08. The molecule has 0 aromatic carbocycles. The lowest BCUT2D eigenvalue weighted by molar-refractivity contribution is -0.0982. The van der Waals surface area contributed by atoms with Gasteiger partial charge in [0, 0.05) is 6.20 Å². The Morgan fingerprint density at radius 2 is 2.00 bits per heavy atom. The van der Waals surface area contributed by atoms with Gasteiger partial charge in [0.1, 0.15) is 6.33 Å². The van der Waals surface area contributed by atoms with Crippen LogP contribution >= 0.6 is 0 Å². The molecular weight excluding hydrogens is 245 g/mol. The average Bonchev–Trinajstić information content (AvgIpc) is 2.73. The molecule has 0 radical (unpaired) electrons. The van der Waals surface area contributed by atoms with E-state index in [0.29, 0.717) is 11.1 Å². The van der Waals surface area contributed by atoms with Crippen molar-refractivity contribution in [1.29, 1.82) is 0 Å². The molecule has 0 aliphatic carbocycles. The Morgan fingerprint density at radius 3 is 2.63 bits per heavy atom. The van der Waals surface area contributed by atoms with Crippen LogP contribution in [0.2, 0.25) is 0 Å². The van der Waals surface area contributed by atoms with Crippen LogP contribution in [0.15, 0.2) is 24.7 Å². The predicted molar refractivity (Wildman–Crippen MR) is 72.1 cm³/mol. The van der Waals surface area contributed by atoms with Crippen molar-refractivity contribution >= 4 is 18.2 Å². The summed E-state index contributed by atoms with van der Waals surface area (Å²) in [6.45, 7) is 6.74. The van der Waals surface area contributed by atoms with Crippen LogP contribution in [-0.4, -0.2) is 43.0 Å². The molecule has 102 valence electrons. The number of rotatable bonds is 4. The first-order valence-corrected chi connectivity index (χ1v) is 6.08. The largest absolute Gasteiger partial charge is 0.491 e. The molecule has 0 saturated heterocycles. The molecule has 6 nitrogen and oxygen atoms in total. The second kappa shape index (κ2) is 4.59. The lowest BCUT2D eigenvalue weighted by Gasteiger charge is -2.38. The summed E-state index contributed by atoms with van der Waals surface area (Å²) in [6, 6.07) is 3.39. The number of aliphatic hydroxyl groups is 1. The molecule has 0 spiro atoms. The fraction of sp³-hybridized carbons (Fsp3) is 0.500. The molecule has 2 rings (SSSR count). The Kier molecular flexibility index (Phi) is 3.38. The fourth-order valence-electron chi connectivity index (χ4n) is 1.48. The van der Waals surface area contributed by atoms with Crippen molar-refractivity contribution in [2.45, 2.75) is 38.9 Å². The van der Waals surface area contributed by atoms with Crippen molar-refractivity contribution in [2.24, 2.45) is 0 Å². The van der Waals surface area contributed by atoms with Crippen LogP contribution in [0.4, 0.5) is 0 Å². The lowest BCUT2D eigenvalue weighted by atomic mass is 9.77. The maximum absolute atomic E-state index is 10.1. The Morgan fingerprint density at radius 1 is 1.32 bits per heavy atom. The third-order valence-electron chi connectivity index (χ3n) is 3.47. The van der Waals surface area contributed by atoms with Crippen molar-refractivity contribution < 1.29 is 14.8 Å². The molecule has 0 aliphatic rings. The third-order valence-corrected chi connectivity index (χ3v) is 3.47. The van der Waals surface area contributed by atoms with E-state index in [1.807, 2.05) is 0 Å². The van der Waals surface area contributed by atoms with E-state index in [1.54, 1.807) is 50.5 Å². The molecule has 2 aromatic heterocycles. The number of fused-ring (bicyclic) bond motifs is 1. The topological polar surface area (TPSA) is 79.9 Å². The van der Waals surface area contributed by atoms with E-state index in [9.17, 15) is 10.1 Å². The molecule has 0 aliphatic heterocycles. The van der Waals surface area contributed by atoms with Gasteiger partial charge in [-0.05, 0) is 45.3 Å². The van der Waals surface area contributed by atoms with E-state index in [1.165, 1.54) is 6.33 Å². The number of aromatic nitrogens is 3. The van der Waals surface area contributed by atoms with E-state index < -0.39 is 18.3 Å². The monoisotopic (exact) mass is 263 g/mol. The van der Waals surface area contributed by atoms with Gasteiger partial charge in [-0.1, -0.05) is 0 Å². The molecule has 2 heterocycles. The van der Waals surface area contributed by atoms with E-state index in [4.69, 9.17) is 4.65 Å². The third kappa shape index (κ3) is 2.78. The molecular formula is C12H18BN3O3. The molecule has 2 aromatic rings. The van der Waals surface area contributed by atoms with Crippen LogP contribution in [0, 0.1) is 0 Å². The zero-order valence-corrected chi connectivity index (χ0v) is 11.5. The molecule has 0 bridgehead atoms. The zero-order chi connectivity index (χ0) is 14.3. The number of hydrogen-bond acceptors (Lipinski definition) is 5. The summed E-state index contributed by atoms with van der Waals surface area (Å²) in [7, 11) is -1.14. The Balaban J connectivity index is 2.22. The first-order chi connectivity index (χ1) is 8.71. The standard InChI is InChI=1S/C12H18BN3O3/c1-11(2,17)12(3,4)19-13(18)9-5-6-16-10(7-9)14-8-15-16/h5-8,17-18H,1-4H3. The van der Waals surface area contributed by atoms with Crippen LogP contribution in [0.25, 0.3) is 5.65 Å². The van der Waals surface area contributed by atoms with E-state index in [-0.39, 0.29) is 0 Å². The van der Waals surface area contributed by atoms with Crippen LogP contribution in [0.3, 0.4) is 0 Å². The summed E-state index contributed by atoms with van der Waals surface area (Å²) in [4.78, 5) is 4.04. The van der Waals surface area contributed by atoms with Crippen molar-refractivity contribution in [2.75, 3.05) is 0 Å². The summed E-state index contributed by atoms with van der Waals surface area (Å²) in [5.41, 5.74) is -0.779. The van der Waals surface area contributed by atoms with E-state index in [0.717, 1.165) is 0 Å². The summed E-state index contributed by atoms with van der Waals surface area (Å²) in [5.74, 6) is 0. The molecule has 0 fully saturated rings. The van der Waals surface area contributed by atoms with Crippen LogP contribution in [-0.2, 0) is 4.65 Å². The van der Waals surface area contributed by atoms with Crippen LogP contribution in [0.5, 0.6) is 0 Å². The normalized spacial score (nSPS) is 12.9. The van der Waals surface area contributed by atoms with Gasteiger partial charge in [0.15, 0.2) is 5.65 Å². The summed E-state index contributed by atoms with van der Waals surface area (Å²) in [6.07, 6.45) is 3.13. The van der Waals surface area contributed by atoms with Crippen molar-refractivity contribution in [3.05, 3.63) is 24.7 Å². The maximum Gasteiger partial charge on any atom is 0.491 e. The predicted octanol–water partition coefficient (Wildman–Crippen LogP) is -0.0171. The second-order valence-corrected chi connectivity index (χ2v) is 5.56. The highest BCUT2D eigenvalue weighted by Gasteiger charge is 2.39. The van der Waals surface area contributed by atoms with Gasteiger partial charge in [0.05, 0.1) is 11.2 Å². The highest BCUT2D eigenvalue weighted by Crippen LogP contribution is 2.25. The quantitative estimate of drug-likeness (QED) is 0.758. The van der Waals surface area contributed by atoms with E-state index >= 15 is 0 Å². The van der Waals surface area contributed by atoms with Crippen LogP contribution in [0.1, 0.15) is 27.7 Å². The smallest absolute Gasteiger partial charge is 0.423 e. The van der Waals surface area contributed by atoms with Gasteiger partial charge in [-0.25, -0.2) is 9.50 Å². The lowest BCUT2D eigenvalue weighted by Crippen LogP contribution is -2.53. The summed E-state index contributed by atoms with van der Waals surface area (Å²) in [5, 5.41) is 24.1. The van der Waals surface area contributed by atoms with Gasteiger partial charge < -0.3 is 14.8 Å². The molecule has 0 saturated carbocycles. The molecule has 7 heteroatoms. The molecule has 0 amide bonds. The van der Waals surface area contributed by atoms with Gasteiger partial charge in [0.2, 0.25) is 0 Å². The fourth-order valence-corrected chi connectivity index (χ4v) is 1.48. The summed E-state index contributed by atoms with van der Waals surface area (Å²) < 4.78 is 7.16. The minimum absolute atomic E-state index is 0.567. The molecule has 2 N–H and O–H groups in total. The van der Waals surface area contributed by atoms with E-state index in [2.05, 4.69) is 10.1 Å².